The number of amides is 1. The Morgan fingerprint density at radius 2 is 1.96 bits per heavy atom. The number of nitrogens with one attached hydrogen (secondary N) is 1. The number of thioether (sulfide) groups is 1. The molecule has 0 saturated carbocycles. The second kappa shape index (κ2) is 9.14. The maximum absolute atomic E-state index is 12.2. The Morgan fingerprint density at radius 3 is 2.64 bits per heavy atom. The second-order valence-corrected chi connectivity index (χ2v) is 7.01. The standard InChI is InChI=1S/C19H19N5O3S/c1-13-4-3-5-14(10-13)11-27-18(26)15-6-8-16(9-7-15)20-17(25)12-28-19-21-22-23-24(19)2/h3-10H,11-12H2,1-2H3,(H,20,25). The minimum absolute atomic E-state index is 0.175. The Balaban J connectivity index is 1.49. The van der Waals surface area contributed by atoms with Crippen LogP contribution in [-0.2, 0) is 23.2 Å². The minimum Gasteiger partial charge on any atom is -0.457 e. The molecule has 1 amide bonds. The van der Waals surface area contributed by atoms with Crippen molar-refractivity contribution in [2.75, 3.05) is 11.1 Å². The van der Waals surface area contributed by atoms with Gasteiger partial charge in [0, 0.05) is 12.7 Å². The quantitative estimate of drug-likeness (QED) is 0.483. The Hall–Kier alpha value is -3.20. The topological polar surface area (TPSA) is 99.0 Å². The number of esters is 1. The van der Waals surface area contributed by atoms with E-state index in [2.05, 4.69) is 20.8 Å². The molecule has 0 atom stereocenters. The van der Waals surface area contributed by atoms with Crippen LogP contribution in [0.25, 0.3) is 0 Å². The summed E-state index contributed by atoms with van der Waals surface area (Å²) in [4.78, 5) is 24.2. The van der Waals surface area contributed by atoms with Gasteiger partial charge in [-0.2, -0.15) is 0 Å². The molecule has 3 rings (SSSR count). The van der Waals surface area contributed by atoms with Gasteiger partial charge in [-0.3, -0.25) is 4.79 Å². The third-order valence-corrected chi connectivity index (χ3v) is 4.78. The Morgan fingerprint density at radius 1 is 1.18 bits per heavy atom. The summed E-state index contributed by atoms with van der Waals surface area (Å²) in [6, 6.07) is 14.4. The number of carbonyl (C=O) groups is 2. The van der Waals surface area contributed by atoms with E-state index in [0.29, 0.717) is 16.4 Å². The van der Waals surface area contributed by atoms with Crippen molar-refractivity contribution >= 4 is 29.3 Å². The van der Waals surface area contributed by atoms with E-state index < -0.39 is 5.97 Å². The molecule has 28 heavy (non-hydrogen) atoms. The summed E-state index contributed by atoms with van der Waals surface area (Å²) in [7, 11) is 1.71. The number of rotatable bonds is 7. The first-order valence-corrected chi connectivity index (χ1v) is 9.47. The molecule has 0 saturated heterocycles. The van der Waals surface area contributed by atoms with E-state index in [1.807, 2.05) is 31.2 Å². The molecule has 1 heterocycles. The number of hydrogen-bond donors (Lipinski definition) is 1. The van der Waals surface area contributed by atoms with E-state index in [-0.39, 0.29) is 18.3 Å². The normalized spacial score (nSPS) is 10.5. The van der Waals surface area contributed by atoms with Gasteiger partial charge >= 0.3 is 5.97 Å². The van der Waals surface area contributed by atoms with E-state index in [0.717, 1.165) is 11.1 Å². The lowest BCUT2D eigenvalue weighted by atomic mass is 10.1. The molecular formula is C19H19N5O3S. The van der Waals surface area contributed by atoms with Crippen molar-refractivity contribution in [1.82, 2.24) is 20.2 Å². The summed E-state index contributed by atoms with van der Waals surface area (Å²) in [5, 5.41) is 14.3. The Labute approximate surface area is 166 Å². The summed E-state index contributed by atoms with van der Waals surface area (Å²) < 4.78 is 6.83. The van der Waals surface area contributed by atoms with Crippen LogP contribution in [-0.4, -0.2) is 37.8 Å². The highest BCUT2D eigenvalue weighted by atomic mass is 32.2. The van der Waals surface area contributed by atoms with Crippen molar-refractivity contribution in [3.63, 3.8) is 0 Å². The molecule has 0 bridgehead atoms. The van der Waals surface area contributed by atoms with Gasteiger partial charge in [0.15, 0.2) is 0 Å². The summed E-state index contributed by atoms with van der Waals surface area (Å²) in [5.74, 6) is -0.429. The average molecular weight is 397 g/mol. The van der Waals surface area contributed by atoms with Crippen molar-refractivity contribution in [2.24, 2.45) is 7.05 Å². The highest BCUT2D eigenvalue weighted by Gasteiger charge is 2.10. The molecule has 0 aliphatic heterocycles. The fourth-order valence-corrected chi connectivity index (χ4v) is 3.04. The molecule has 0 radical (unpaired) electrons. The molecule has 2 aromatic carbocycles. The zero-order valence-corrected chi connectivity index (χ0v) is 16.3. The average Bonchev–Trinajstić information content (AvgIpc) is 3.10. The van der Waals surface area contributed by atoms with Gasteiger partial charge < -0.3 is 10.1 Å². The fraction of sp³-hybridized carbons (Fsp3) is 0.211. The summed E-state index contributed by atoms with van der Waals surface area (Å²) in [5.41, 5.74) is 3.07. The van der Waals surface area contributed by atoms with E-state index in [4.69, 9.17) is 4.74 Å². The number of benzene rings is 2. The maximum Gasteiger partial charge on any atom is 0.338 e. The van der Waals surface area contributed by atoms with Crippen molar-refractivity contribution in [2.45, 2.75) is 18.7 Å². The largest absolute Gasteiger partial charge is 0.457 e. The monoisotopic (exact) mass is 397 g/mol. The molecule has 0 unspecified atom stereocenters. The lowest BCUT2D eigenvalue weighted by molar-refractivity contribution is -0.113. The van der Waals surface area contributed by atoms with Crippen LogP contribution in [0.5, 0.6) is 0 Å². The van der Waals surface area contributed by atoms with Gasteiger partial charge in [0.1, 0.15) is 6.61 Å². The van der Waals surface area contributed by atoms with Crippen LogP contribution >= 0.6 is 11.8 Å². The van der Waals surface area contributed by atoms with E-state index in [1.165, 1.54) is 16.4 Å². The predicted octanol–water partition coefficient (Wildman–Crippen LogP) is 2.61. The van der Waals surface area contributed by atoms with Crippen LogP contribution < -0.4 is 5.32 Å². The minimum atomic E-state index is -0.412. The molecule has 8 nitrogen and oxygen atoms in total. The van der Waals surface area contributed by atoms with Crippen LogP contribution in [0.2, 0.25) is 0 Å². The lowest BCUT2D eigenvalue weighted by Crippen LogP contribution is -2.14. The molecule has 0 aliphatic rings. The zero-order valence-electron chi connectivity index (χ0n) is 15.5. The Bertz CT molecular complexity index is 972. The molecule has 144 valence electrons. The predicted molar refractivity (Wildman–Crippen MR) is 105 cm³/mol. The molecule has 1 aromatic heterocycles. The van der Waals surface area contributed by atoms with Gasteiger partial charge in [0.2, 0.25) is 11.1 Å². The number of ether oxygens (including phenoxy) is 1. The Kier molecular flexibility index (Phi) is 6.38. The molecule has 3 aromatic rings. The number of aryl methyl sites for hydroxylation is 2. The van der Waals surface area contributed by atoms with Crippen molar-refractivity contribution < 1.29 is 14.3 Å². The van der Waals surface area contributed by atoms with Crippen LogP contribution in [0.3, 0.4) is 0 Å². The molecule has 1 N–H and O–H groups in total. The van der Waals surface area contributed by atoms with Gasteiger partial charge in [-0.05, 0) is 47.2 Å². The van der Waals surface area contributed by atoms with Gasteiger partial charge in [-0.1, -0.05) is 41.6 Å². The summed E-state index contributed by atoms with van der Waals surface area (Å²) in [6.45, 7) is 2.20. The number of tetrazole rings is 1. The van der Waals surface area contributed by atoms with Crippen molar-refractivity contribution in [3.8, 4) is 0 Å². The van der Waals surface area contributed by atoms with Crippen LogP contribution in [0, 0.1) is 6.92 Å². The van der Waals surface area contributed by atoms with Gasteiger partial charge in [0.25, 0.3) is 0 Å². The first kappa shape index (κ1) is 19.6. The highest BCUT2D eigenvalue weighted by Crippen LogP contribution is 2.15. The van der Waals surface area contributed by atoms with Crippen LogP contribution in [0.1, 0.15) is 21.5 Å². The second-order valence-electron chi connectivity index (χ2n) is 6.06. The molecule has 9 heteroatoms. The summed E-state index contributed by atoms with van der Waals surface area (Å²) in [6.07, 6.45) is 0. The molecule has 0 fully saturated rings. The molecular weight excluding hydrogens is 378 g/mol. The third kappa shape index (κ3) is 5.40. The van der Waals surface area contributed by atoms with Gasteiger partial charge in [0.05, 0.1) is 11.3 Å². The van der Waals surface area contributed by atoms with Crippen LogP contribution in [0.4, 0.5) is 5.69 Å². The van der Waals surface area contributed by atoms with Crippen molar-refractivity contribution in [1.29, 1.82) is 0 Å². The zero-order chi connectivity index (χ0) is 19.9. The smallest absolute Gasteiger partial charge is 0.338 e. The first-order valence-electron chi connectivity index (χ1n) is 8.49. The highest BCUT2D eigenvalue weighted by molar-refractivity contribution is 7.99. The van der Waals surface area contributed by atoms with E-state index >= 15 is 0 Å². The number of hydrogen-bond acceptors (Lipinski definition) is 7. The molecule has 0 spiro atoms. The first-order chi connectivity index (χ1) is 13.5. The number of anilines is 1. The van der Waals surface area contributed by atoms with Crippen LogP contribution in [0.15, 0.2) is 53.7 Å². The number of aromatic nitrogens is 4. The number of nitrogens with zero attached hydrogens (tertiary/aromatic N) is 4. The van der Waals surface area contributed by atoms with Gasteiger partial charge in [-0.25, -0.2) is 9.48 Å². The van der Waals surface area contributed by atoms with Gasteiger partial charge in [-0.15, -0.1) is 5.10 Å². The number of carbonyl (C=O) groups excluding carboxylic acids is 2. The van der Waals surface area contributed by atoms with Crippen molar-refractivity contribution in [3.05, 3.63) is 65.2 Å². The third-order valence-electron chi connectivity index (χ3n) is 3.77. The fourth-order valence-electron chi connectivity index (χ4n) is 2.39. The van der Waals surface area contributed by atoms with E-state index in [9.17, 15) is 9.59 Å². The summed E-state index contributed by atoms with van der Waals surface area (Å²) >= 11 is 1.24. The van der Waals surface area contributed by atoms with E-state index in [1.54, 1.807) is 31.3 Å². The SMILES string of the molecule is Cc1cccc(COC(=O)c2ccc(NC(=O)CSc3nnnn3C)cc2)c1. The molecule has 0 aliphatic carbocycles. The maximum atomic E-state index is 12.2. The lowest BCUT2D eigenvalue weighted by Gasteiger charge is -2.08.